The number of hydrogen-bond acceptors (Lipinski definition) is 4. The van der Waals surface area contributed by atoms with Crippen LogP contribution in [-0.4, -0.2) is 20.2 Å². The number of aromatic nitrogens is 4. The van der Waals surface area contributed by atoms with Crippen molar-refractivity contribution in [2.45, 2.75) is 19.8 Å². The van der Waals surface area contributed by atoms with E-state index in [0.29, 0.717) is 5.82 Å². The number of nitrogens with zero attached hydrogens (tertiary/aromatic N) is 3. The second-order valence-corrected chi connectivity index (χ2v) is 3.70. The Labute approximate surface area is 98.3 Å². The molecule has 5 nitrogen and oxygen atoms in total. The lowest BCUT2D eigenvalue weighted by molar-refractivity contribution is 0.867. The topological polar surface area (TPSA) is 66.5 Å². The smallest absolute Gasteiger partial charge is 0.224 e. The van der Waals surface area contributed by atoms with Crippen molar-refractivity contribution < 1.29 is 0 Å². The summed E-state index contributed by atoms with van der Waals surface area (Å²) in [5.41, 5.74) is 1.10. The molecule has 0 aliphatic heterocycles. The Kier molecular flexibility index (Phi) is 3.36. The summed E-state index contributed by atoms with van der Waals surface area (Å²) >= 11 is 5.68. The summed E-state index contributed by atoms with van der Waals surface area (Å²) in [6.07, 6.45) is 3.66. The molecule has 0 radical (unpaired) electrons. The number of anilines is 2. The van der Waals surface area contributed by atoms with Crippen LogP contribution < -0.4 is 5.32 Å². The first-order chi connectivity index (χ1) is 7.78. The van der Waals surface area contributed by atoms with Crippen LogP contribution in [0.5, 0.6) is 0 Å². The minimum Gasteiger partial charge on any atom is -0.323 e. The molecule has 2 N–H and O–H groups in total. The summed E-state index contributed by atoms with van der Waals surface area (Å²) in [5, 5.41) is 10.3. The number of hydrogen-bond donors (Lipinski definition) is 2. The highest BCUT2D eigenvalue weighted by Gasteiger charge is 2.02. The zero-order valence-electron chi connectivity index (χ0n) is 8.87. The van der Waals surface area contributed by atoms with E-state index in [-0.39, 0.29) is 5.28 Å². The van der Waals surface area contributed by atoms with Crippen molar-refractivity contribution in [1.29, 1.82) is 0 Å². The fourth-order valence-corrected chi connectivity index (χ4v) is 1.51. The number of aryl methyl sites for hydroxylation is 1. The highest BCUT2D eigenvalue weighted by molar-refractivity contribution is 6.28. The minimum atomic E-state index is 0.217. The monoisotopic (exact) mass is 237 g/mol. The van der Waals surface area contributed by atoms with Gasteiger partial charge in [0.25, 0.3) is 0 Å². The van der Waals surface area contributed by atoms with Crippen LogP contribution in [0.1, 0.15) is 19.0 Å². The van der Waals surface area contributed by atoms with E-state index >= 15 is 0 Å². The maximum Gasteiger partial charge on any atom is 0.224 e. The summed E-state index contributed by atoms with van der Waals surface area (Å²) in [7, 11) is 0. The van der Waals surface area contributed by atoms with E-state index in [1.165, 1.54) is 0 Å². The van der Waals surface area contributed by atoms with Gasteiger partial charge in [-0.3, -0.25) is 5.10 Å². The van der Waals surface area contributed by atoms with E-state index in [1.54, 1.807) is 12.3 Å². The molecule has 6 heteroatoms. The molecule has 0 atom stereocenters. The molecule has 0 spiro atoms. The van der Waals surface area contributed by atoms with Crippen LogP contribution in [0.4, 0.5) is 11.6 Å². The van der Waals surface area contributed by atoms with E-state index in [0.717, 1.165) is 24.4 Å². The summed E-state index contributed by atoms with van der Waals surface area (Å²) in [5.74, 6) is 1.37. The Morgan fingerprint density at radius 1 is 1.44 bits per heavy atom. The molecule has 2 aromatic heterocycles. The zero-order valence-corrected chi connectivity index (χ0v) is 9.62. The van der Waals surface area contributed by atoms with Crippen molar-refractivity contribution in [2.75, 3.05) is 5.32 Å². The van der Waals surface area contributed by atoms with Crippen LogP contribution in [-0.2, 0) is 6.42 Å². The standard InChI is InChI=1S/C10H12ClN5/c1-2-3-7-6-9(16-15-7)13-8-4-5-12-10(11)14-8/h4-6H,2-3H2,1H3,(H2,12,13,14,15,16). The van der Waals surface area contributed by atoms with Gasteiger partial charge in [0, 0.05) is 18.0 Å². The summed E-state index contributed by atoms with van der Waals surface area (Å²) in [6, 6.07) is 3.69. The molecule has 0 aliphatic rings. The average Bonchev–Trinajstić information content (AvgIpc) is 2.66. The molecular formula is C10H12ClN5. The SMILES string of the molecule is CCCc1cc(Nc2ccnc(Cl)n2)n[nH]1. The van der Waals surface area contributed by atoms with Crippen molar-refractivity contribution >= 4 is 23.2 Å². The second-order valence-electron chi connectivity index (χ2n) is 3.36. The number of halogens is 1. The van der Waals surface area contributed by atoms with Crippen LogP contribution in [0.25, 0.3) is 0 Å². The third-order valence-corrected chi connectivity index (χ3v) is 2.21. The maximum absolute atomic E-state index is 5.68. The van der Waals surface area contributed by atoms with E-state index < -0.39 is 0 Å². The van der Waals surface area contributed by atoms with E-state index in [1.807, 2.05) is 6.07 Å². The number of aromatic amines is 1. The van der Waals surface area contributed by atoms with Gasteiger partial charge in [-0.2, -0.15) is 5.10 Å². The highest BCUT2D eigenvalue weighted by Crippen LogP contribution is 2.14. The third kappa shape index (κ3) is 2.70. The molecule has 84 valence electrons. The molecule has 0 bridgehead atoms. The fraction of sp³-hybridized carbons (Fsp3) is 0.300. The zero-order chi connectivity index (χ0) is 11.4. The number of nitrogens with one attached hydrogen (secondary N) is 2. The molecule has 0 fully saturated rings. The summed E-state index contributed by atoms with van der Waals surface area (Å²) in [6.45, 7) is 2.12. The van der Waals surface area contributed by atoms with Crippen LogP contribution in [0, 0.1) is 0 Å². The molecule has 0 aromatic carbocycles. The van der Waals surface area contributed by atoms with E-state index in [2.05, 4.69) is 32.4 Å². The first kappa shape index (κ1) is 10.9. The van der Waals surface area contributed by atoms with Gasteiger partial charge in [0.15, 0.2) is 5.82 Å². The van der Waals surface area contributed by atoms with Crippen LogP contribution >= 0.6 is 11.6 Å². The quantitative estimate of drug-likeness (QED) is 0.802. The average molecular weight is 238 g/mol. The Bertz CT molecular complexity index is 468. The number of H-pyrrole nitrogens is 1. The van der Waals surface area contributed by atoms with Crippen LogP contribution in [0.3, 0.4) is 0 Å². The van der Waals surface area contributed by atoms with Crippen molar-refractivity contribution in [3.63, 3.8) is 0 Å². The molecule has 0 amide bonds. The predicted molar refractivity (Wildman–Crippen MR) is 62.9 cm³/mol. The van der Waals surface area contributed by atoms with Gasteiger partial charge in [-0.15, -0.1) is 0 Å². The Hall–Kier alpha value is -1.62. The van der Waals surface area contributed by atoms with Gasteiger partial charge in [0.2, 0.25) is 5.28 Å². The molecule has 0 unspecified atom stereocenters. The second kappa shape index (κ2) is 4.94. The lowest BCUT2D eigenvalue weighted by Gasteiger charge is -2.00. The van der Waals surface area contributed by atoms with Crippen molar-refractivity contribution in [3.8, 4) is 0 Å². The molecule has 2 aromatic rings. The molecule has 2 heterocycles. The largest absolute Gasteiger partial charge is 0.323 e. The minimum absolute atomic E-state index is 0.217. The van der Waals surface area contributed by atoms with Crippen molar-refractivity contribution in [3.05, 3.63) is 29.3 Å². The fourth-order valence-electron chi connectivity index (χ4n) is 1.36. The Morgan fingerprint density at radius 3 is 3.06 bits per heavy atom. The first-order valence-electron chi connectivity index (χ1n) is 5.08. The van der Waals surface area contributed by atoms with Gasteiger partial charge in [0.05, 0.1) is 0 Å². The number of rotatable bonds is 4. The normalized spacial score (nSPS) is 10.4. The molecule has 0 saturated carbocycles. The summed E-state index contributed by atoms with van der Waals surface area (Å²) in [4.78, 5) is 7.82. The van der Waals surface area contributed by atoms with Gasteiger partial charge in [-0.1, -0.05) is 13.3 Å². The molecule has 2 rings (SSSR count). The molecule has 0 aliphatic carbocycles. The van der Waals surface area contributed by atoms with Gasteiger partial charge in [-0.05, 0) is 24.1 Å². The van der Waals surface area contributed by atoms with Crippen molar-refractivity contribution in [2.24, 2.45) is 0 Å². The molecular weight excluding hydrogens is 226 g/mol. The van der Waals surface area contributed by atoms with Crippen LogP contribution in [0.15, 0.2) is 18.3 Å². The van der Waals surface area contributed by atoms with Crippen molar-refractivity contribution in [1.82, 2.24) is 20.2 Å². The molecule has 16 heavy (non-hydrogen) atoms. The third-order valence-electron chi connectivity index (χ3n) is 2.03. The maximum atomic E-state index is 5.68. The van der Waals surface area contributed by atoms with E-state index in [9.17, 15) is 0 Å². The first-order valence-corrected chi connectivity index (χ1v) is 5.45. The lowest BCUT2D eigenvalue weighted by Crippen LogP contribution is -1.94. The van der Waals surface area contributed by atoms with Gasteiger partial charge in [-0.25, -0.2) is 9.97 Å². The van der Waals surface area contributed by atoms with Gasteiger partial charge in [0.1, 0.15) is 5.82 Å². The van der Waals surface area contributed by atoms with E-state index in [4.69, 9.17) is 11.6 Å². The molecule has 0 saturated heterocycles. The van der Waals surface area contributed by atoms with Crippen LogP contribution in [0.2, 0.25) is 5.28 Å². The Morgan fingerprint density at radius 2 is 2.31 bits per heavy atom. The Balaban J connectivity index is 2.08. The van der Waals surface area contributed by atoms with Gasteiger partial charge >= 0.3 is 0 Å². The predicted octanol–water partition coefficient (Wildman–Crippen LogP) is 2.55. The lowest BCUT2D eigenvalue weighted by atomic mass is 10.2. The van der Waals surface area contributed by atoms with Gasteiger partial charge < -0.3 is 5.32 Å². The summed E-state index contributed by atoms with van der Waals surface area (Å²) < 4.78 is 0. The highest BCUT2D eigenvalue weighted by atomic mass is 35.5.